The molecule has 0 aliphatic carbocycles. The first kappa shape index (κ1) is 18.3. The molecular weight excluding hydrogens is 283 g/mol. The third-order valence-corrected chi connectivity index (χ3v) is 4.28. The molecule has 21 heavy (non-hydrogen) atoms. The summed E-state index contributed by atoms with van der Waals surface area (Å²) in [5.74, 6) is 0.970. The van der Waals surface area contributed by atoms with Gasteiger partial charge in [0.15, 0.2) is 0 Å². The zero-order chi connectivity index (χ0) is 16.0. The van der Waals surface area contributed by atoms with E-state index in [1.165, 1.54) is 0 Å². The van der Waals surface area contributed by atoms with Gasteiger partial charge in [0.05, 0.1) is 0 Å². The second-order valence-corrected chi connectivity index (χ2v) is 7.60. The van der Waals surface area contributed by atoms with E-state index in [4.69, 9.17) is 0 Å². The highest BCUT2D eigenvalue weighted by molar-refractivity contribution is 7.98. The second kappa shape index (κ2) is 8.04. The van der Waals surface area contributed by atoms with Crippen LogP contribution in [0.3, 0.4) is 0 Å². The Kier molecular flexibility index (Phi) is 7.01. The van der Waals surface area contributed by atoms with Gasteiger partial charge in [-0.15, -0.1) is 0 Å². The molecule has 0 amide bonds. The van der Waals surface area contributed by atoms with Crippen LogP contribution in [0.5, 0.6) is 0 Å². The van der Waals surface area contributed by atoms with Crippen LogP contribution in [0.1, 0.15) is 39.7 Å². The molecule has 0 aromatic heterocycles. The Morgan fingerprint density at radius 1 is 1.33 bits per heavy atom. The molecule has 1 rings (SSSR count). The van der Waals surface area contributed by atoms with Crippen LogP contribution in [-0.4, -0.2) is 30.6 Å². The van der Waals surface area contributed by atoms with Gasteiger partial charge in [0, 0.05) is 30.9 Å². The van der Waals surface area contributed by atoms with E-state index in [0.29, 0.717) is 12.6 Å². The zero-order valence-corrected chi connectivity index (χ0v) is 15.0. The number of thioether (sulfide) groups is 1. The Bertz CT molecular complexity index is 443. The monoisotopic (exact) mass is 312 g/mol. The number of halogens is 1. The first-order valence-electron chi connectivity index (χ1n) is 7.50. The summed E-state index contributed by atoms with van der Waals surface area (Å²) in [5.41, 5.74) is 2.15. The van der Waals surface area contributed by atoms with Gasteiger partial charge in [0.25, 0.3) is 0 Å². The van der Waals surface area contributed by atoms with Crippen molar-refractivity contribution in [3.63, 3.8) is 0 Å². The van der Waals surface area contributed by atoms with Crippen LogP contribution < -0.4 is 10.2 Å². The summed E-state index contributed by atoms with van der Waals surface area (Å²) in [7, 11) is 2.10. The van der Waals surface area contributed by atoms with Crippen molar-refractivity contribution in [2.24, 2.45) is 0 Å². The van der Waals surface area contributed by atoms with Gasteiger partial charge >= 0.3 is 0 Å². The average Bonchev–Trinajstić information content (AvgIpc) is 2.41. The van der Waals surface area contributed by atoms with Gasteiger partial charge in [-0.1, -0.05) is 0 Å². The lowest BCUT2D eigenvalue weighted by atomic mass is 10.1. The van der Waals surface area contributed by atoms with Crippen LogP contribution in [-0.2, 0) is 6.54 Å². The molecule has 0 bridgehead atoms. The molecule has 0 saturated carbocycles. The van der Waals surface area contributed by atoms with E-state index >= 15 is 0 Å². The van der Waals surface area contributed by atoms with Crippen LogP contribution in [0, 0.1) is 5.82 Å². The van der Waals surface area contributed by atoms with Crippen molar-refractivity contribution in [1.29, 1.82) is 0 Å². The normalized spacial score (nSPS) is 13.3. The summed E-state index contributed by atoms with van der Waals surface area (Å²) in [6, 6.07) is 5.53. The highest BCUT2D eigenvalue weighted by Crippen LogP contribution is 2.24. The Balaban J connectivity index is 2.89. The van der Waals surface area contributed by atoms with E-state index in [1.54, 1.807) is 12.1 Å². The van der Waals surface area contributed by atoms with Gasteiger partial charge in [0.2, 0.25) is 0 Å². The molecule has 0 heterocycles. The van der Waals surface area contributed by atoms with Crippen molar-refractivity contribution in [2.45, 2.75) is 52.2 Å². The molecule has 0 saturated heterocycles. The van der Waals surface area contributed by atoms with Gasteiger partial charge in [0.1, 0.15) is 5.82 Å². The maximum absolute atomic E-state index is 13.6. The van der Waals surface area contributed by atoms with Crippen molar-refractivity contribution in [2.75, 3.05) is 24.0 Å². The predicted octanol–water partition coefficient (Wildman–Crippen LogP) is 4.29. The fourth-order valence-electron chi connectivity index (χ4n) is 2.12. The third kappa shape index (κ3) is 6.27. The van der Waals surface area contributed by atoms with Crippen LogP contribution in [0.4, 0.5) is 10.1 Å². The number of hydrogen-bond acceptors (Lipinski definition) is 3. The summed E-state index contributed by atoms with van der Waals surface area (Å²) in [4.78, 5) is 2.26. The molecule has 4 heteroatoms. The Morgan fingerprint density at radius 2 is 2.00 bits per heavy atom. The standard InChI is InChI=1S/C17H29FN2S/c1-13(9-10-21-6)20(5)16-8-7-15(18)11-14(16)12-19-17(2,3)4/h7-8,11,13,19H,9-10,12H2,1-6H3. The first-order valence-corrected chi connectivity index (χ1v) is 8.89. The first-order chi connectivity index (χ1) is 9.74. The van der Waals surface area contributed by atoms with Gasteiger partial charge < -0.3 is 10.2 Å². The summed E-state index contributed by atoms with van der Waals surface area (Å²) in [6.07, 6.45) is 3.25. The van der Waals surface area contributed by atoms with Crippen molar-refractivity contribution in [1.82, 2.24) is 5.32 Å². The van der Waals surface area contributed by atoms with Crippen molar-refractivity contribution in [3.8, 4) is 0 Å². The molecular formula is C17H29FN2S. The van der Waals surface area contributed by atoms with Crippen LogP contribution in [0.15, 0.2) is 18.2 Å². The molecule has 1 unspecified atom stereocenters. The zero-order valence-electron chi connectivity index (χ0n) is 14.2. The van der Waals surface area contributed by atoms with Crippen molar-refractivity contribution in [3.05, 3.63) is 29.6 Å². The van der Waals surface area contributed by atoms with Gasteiger partial charge in [-0.05, 0) is 69.9 Å². The van der Waals surface area contributed by atoms with E-state index in [9.17, 15) is 4.39 Å². The lowest BCUT2D eigenvalue weighted by Crippen LogP contribution is -2.36. The summed E-state index contributed by atoms with van der Waals surface area (Å²) in [5, 5.41) is 3.45. The number of nitrogens with zero attached hydrogens (tertiary/aromatic N) is 1. The summed E-state index contributed by atoms with van der Waals surface area (Å²) >= 11 is 1.86. The number of nitrogens with one attached hydrogen (secondary N) is 1. The van der Waals surface area contributed by atoms with Crippen LogP contribution in [0.2, 0.25) is 0 Å². The number of anilines is 1. The third-order valence-electron chi connectivity index (χ3n) is 3.63. The summed E-state index contributed by atoms with van der Waals surface area (Å²) in [6.45, 7) is 9.26. The van der Waals surface area contributed by atoms with Gasteiger partial charge in [-0.2, -0.15) is 11.8 Å². The molecule has 1 N–H and O–H groups in total. The average molecular weight is 312 g/mol. The van der Waals surface area contributed by atoms with Gasteiger partial charge in [-0.25, -0.2) is 4.39 Å². The van der Waals surface area contributed by atoms with Gasteiger partial charge in [-0.3, -0.25) is 0 Å². The summed E-state index contributed by atoms with van der Waals surface area (Å²) < 4.78 is 13.6. The number of benzene rings is 1. The highest BCUT2D eigenvalue weighted by Gasteiger charge is 2.16. The molecule has 0 spiro atoms. The molecule has 0 aliphatic rings. The topological polar surface area (TPSA) is 15.3 Å². The fraction of sp³-hybridized carbons (Fsp3) is 0.647. The van der Waals surface area contributed by atoms with E-state index in [-0.39, 0.29) is 11.4 Å². The minimum absolute atomic E-state index is 0.0205. The van der Waals surface area contributed by atoms with E-state index < -0.39 is 0 Å². The van der Waals surface area contributed by atoms with Crippen molar-refractivity contribution < 1.29 is 4.39 Å². The molecule has 1 aromatic carbocycles. The molecule has 2 nitrogen and oxygen atoms in total. The molecule has 120 valence electrons. The number of rotatable bonds is 7. The molecule has 0 fully saturated rings. The Labute approximate surface area is 133 Å². The largest absolute Gasteiger partial charge is 0.372 e. The smallest absolute Gasteiger partial charge is 0.123 e. The maximum Gasteiger partial charge on any atom is 0.123 e. The Morgan fingerprint density at radius 3 is 2.57 bits per heavy atom. The second-order valence-electron chi connectivity index (χ2n) is 6.62. The SMILES string of the molecule is CSCCC(C)N(C)c1ccc(F)cc1CNC(C)(C)C. The van der Waals surface area contributed by atoms with E-state index in [1.807, 2.05) is 17.8 Å². The lowest BCUT2D eigenvalue weighted by Gasteiger charge is -2.30. The van der Waals surface area contributed by atoms with E-state index in [0.717, 1.165) is 23.4 Å². The lowest BCUT2D eigenvalue weighted by molar-refractivity contribution is 0.423. The fourth-order valence-corrected chi connectivity index (χ4v) is 2.70. The molecule has 0 radical (unpaired) electrons. The van der Waals surface area contributed by atoms with Crippen LogP contribution in [0.25, 0.3) is 0 Å². The molecule has 1 atom stereocenters. The van der Waals surface area contributed by atoms with Crippen molar-refractivity contribution >= 4 is 17.4 Å². The quantitative estimate of drug-likeness (QED) is 0.808. The predicted molar refractivity (Wildman–Crippen MR) is 93.9 cm³/mol. The Hall–Kier alpha value is -0.740. The van der Waals surface area contributed by atoms with Crippen LogP contribution >= 0.6 is 11.8 Å². The van der Waals surface area contributed by atoms with E-state index in [2.05, 4.69) is 51.2 Å². The minimum Gasteiger partial charge on any atom is -0.372 e. The molecule has 1 aromatic rings. The highest BCUT2D eigenvalue weighted by atomic mass is 32.2. The maximum atomic E-state index is 13.6. The minimum atomic E-state index is -0.172. The molecule has 0 aliphatic heterocycles. The number of hydrogen-bond donors (Lipinski definition) is 1.